The van der Waals surface area contributed by atoms with E-state index in [9.17, 15) is 14.7 Å². The molecule has 0 aliphatic rings. The number of rotatable bonds is 6. The average molecular weight is 453 g/mol. The van der Waals surface area contributed by atoms with Gasteiger partial charge in [-0.3, -0.25) is 0 Å². The minimum Gasteiger partial charge on any atom is -0.478 e. The van der Waals surface area contributed by atoms with Gasteiger partial charge in [0.05, 0.1) is 5.56 Å². The lowest BCUT2D eigenvalue weighted by Gasteiger charge is -2.21. The highest BCUT2D eigenvalue weighted by molar-refractivity contribution is 6.31. The maximum atomic E-state index is 12.7. The summed E-state index contributed by atoms with van der Waals surface area (Å²) in [5.41, 5.74) is 2.67. The van der Waals surface area contributed by atoms with Gasteiger partial charge in [-0.05, 0) is 59.4 Å². The molecule has 0 bridgehead atoms. The van der Waals surface area contributed by atoms with Crippen LogP contribution in [0.4, 0.5) is 4.79 Å². The molecule has 32 heavy (non-hydrogen) atoms. The topological polar surface area (TPSA) is 72.8 Å². The molecule has 1 N–H and O–H groups in total. The molecule has 0 saturated heterocycles. The highest BCUT2D eigenvalue weighted by atomic mass is 35.5. The van der Waals surface area contributed by atoms with Gasteiger partial charge >= 0.3 is 12.1 Å². The zero-order chi connectivity index (χ0) is 23.4. The van der Waals surface area contributed by atoms with Gasteiger partial charge in [0.1, 0.15) is 11.5 Å². The van der Waals surface area contributed by atoms with Crippen molar-refractivity contribution in [2.45, 2.75) is 39.5 Å². The van der Waals surface area contributed by atoms with Crippen molar-refractivity contribution in [3.8, 4) is 22.6 Å². The second kappa shape index (κ2) is 9.88. The quantitative estimate of drug-likeness (QED) is 0.309. The molecule has 0 aliphatic carbocycles. The number of hydrogen-bond donors (Lipinski definition) is 1. The molecule has 0 aliphatic heterocycles. The number of halogens is 1. The Labute approximate surface area is 192 Å². The van der Waals surface area contributed by atoms with Crippen LogP contribution in [0.5, 0.6) is 11.5 Å². The molecule has 5 nitrogen and oxygen atoms in total. The fourth-order valence-electron chi connectivity index (χ4n) is 3.37. The summed E-state index contributed by atoms with van der Waals surface area (Å²) in [6.45, 7) is 8.05. The normalized spacial score (nSPS) is 11.0. The van der Waals surface area contributed by atoms with Crippen LogP contribution in [0.3, 0.4) is 0 Å². The Balaban J connectivity index is 2.20. The van der Waals surface area contributed by atoms with Gasteiger partial charge in [0, 0.05) is 16.1 Å². The Morgan fingerprint density at radius 2 is 1.53 bits per heavy atom. The van der Waals surface area contributed by atoms with Crippen LogP contribution in [0, 0.1) is 0 Å². The summed E-state index contributed by atoms with van der Waals surface area (Å²) in [5.74, 6) is -0.327. The highest BCUT2D eigenvalue weighted by Crippen LogP contribution is 2.42. The van der Waals surface area contributed by atoms with E-state index in [0.29, 0.717) is 21.9 Å². The summed E-state index contributed by atoms with van der Waals surface area (Å²) in [6, 6.07) is 17.0. The molecular formula is C26H25ClO5. The van der Waals surface area contributed by atoms with Crippen LogP contribution in [0.25, 0.3) is 11.1 Å². The van der Waals surface area contributed by atoms with E-state index in [4.69, 9.17) is 21.1 Å². The Bertz CT molecular complexity index is 1140. The van der Waals surface area contributed by atoms with Crippen LogP contribution >= 0.6 is 11.6 Å². The largest absolute Gasteiger partial charge is 0.519 e. The summed E-state index contributed by atoms with van der Waals surface area (Å²) in [5, 5.41) is 10.1. The summed E-state index contributed by atoms with van der Waals surface area (Å²) in [7, 11) is 0. The van der Waals surface area contributed by atoms with Crippen LogP contribution in [-0.4, -0.2) is 17.2 Å². The van der Waals surface area contributed by atoms with E-state index < -0.39 is 12.1 Å². The van der Waals surface area contributed by atoms with Gasteiger partial charge in [0.2, 0.25) is 0 Å². The van der Waals surface area contributed by atoms with Crippen molar-refractivity contribution in [1.82, 2.24) is 0 Å². The van der Waals surface area contributed by atoms with Crippen molar-refractivity contribution in [2.75, 3.05) is 0 Å². The van der Waals surface area contributed by atoms with Crippen molar-refractivity contribution in [2.24, 2.45) is 0 Å². The second-order valence-electron chi connectivity index (χ2n) is 8.06. The molecule has 3 aromatic rings. The molecule has 0 aromatic heterocycles. The van der Waals surface area contributed by atoms with Gasteiger partial charge in [-0.2, -0.15) is 0 Å². The van der Waals surface area contributed by atoms with E-state index in [1.165, 1.54) is 12.1 Å². The maximum Gasteiger partial charge on any atom is 0.519 e. The van der Waals surface area contributed by atoms with E-state index in [1.54, 1.807) is 30.3 Å². The number of aromatic carboxylic acids is 1. The predicted octanol–water partition coefficient (Wildman–Crippen LogP) is 7.53. The van der Waals surface area contributed by atoms with E-state index in [-0.39, 0.29) is 23.1 Å². The lowest BCUT2D eigenvalue weighted by atomic mass is 9.88. The fraction of sp³-hybridized carbons (Fsp3) is 0.231. The van der Waals surface area contributed by atoms with E-state index in [2.05, 4.69) is 0 Å². The molecule has 3 aromatic carbocycles. The second-order valence-corrected chi connectivity index (χ2v) is 8.49. The molecule has 6 heteroatoms. The van der Waals surface area contributed by atoms with Gasteiger partial charge in [-0.1, -0.05) is 63.6 Å². The minimum absolute atomic E-state index is 0.000521. The van der Waals surface area contributed by atoms with Crippen molar-refractivity contribution in [3.05, 3.63) is 82.4 Å². The smallest absolute Gasteiger partial charge is 0.478 e. The third kappa shape index (κ3) is 5.29. The number of hydrogen-bond acceptors (Lipinski definition) is 4. The summed E-state index contributed by atoms with van der Waals surface area (Å²) >= 11 is 6.22. The van der Waals surface area contributed by atoms with Crippen molar-refractivity contribution < 1.29 is 24.2 Å². The monoisotopic (exact) mass is 452 g/mol. The molecule has 0 unspecified atom stereocenters. The minimum atomic E-state index is -1.10. The Kier molecular flexibility index (Phi) is 7.21. The first-order valence-electron chi connectivity index (χ1n) is 10.3. The van der Waals surface area contributed by atoms with Gasteiger partial charge in [0.15, 0.2) is 0 Å². The third-order valence-corrected chi connectivity index (χ3v) is 5.30. The van der Waals surface area contributed by atoms with Gasteiger partial charge in [-0.15, -0.1) is 0 Å². The summed E-state index contributed by atoms with van der Waals surface area (Å²) < 4.78 is 11.0. The van der Waals surface area contributed by atoms with Crippen LogP contribution in [0.2, 0.25) is 5.02 Å². The molecule has 0 spiro atoms. The Morgan fingerprint density at radius 1 is 0.844 bits per heavy atom. The maximum absolute atomic E-state index is 12.7. The molecule has 3 rings (SSSR count). The lowest BCUT2D eigenvalue weighted by Crippen LogP contribution is -2.16. The van der Waals surface area contributed by atoms with E-state index >= 15 is 0 Å². The third-order valence-electron chi connectivity index (χ3n) is 5.06. The molecular weight excluding hydrogens is 428 g/mol. The van der Waals surface area contributed by atoms with Crippen molar-refractivity contribution >= 4 is 23.7 Å². The van der Waals surface area contributed by atoms with Gasteiger partial charge in [-0.25, -0.2) is 9.59 Å². The first-order chi connectivity index (χ1) is 15.2. The SMILES string of the molecule is CC(C)c1cc(-c2cc(Cl)ccc2C(=O)O)c(OC(=O)Oc2ccccc2)c(C(C)C)c1. The Morgan fingerprint density at radius 3 is 2.12 bits per heavy atom. The van der Waals surface area contributed by atoms with Gasteiger partial charge in [0.25, 0.3) is 0 Å². The predicted molar refractivity (Wildman–Crippen MR) is 125 cm³/mol. The summed E-state index contributed by atoms with van der Waals surface area (Å²) in [6.07, 6.45) is -0.907. The van der Waals surface area contributed by atoms with Crippen LogP contribution in [0.1, 0.15) is 61.0 Å². The molecule has 166 valence electrons. The lowest BCUT2D eigenvalue weighted by molar-refractivity contribution is 0.0697. The number of carboxylic acid groups (broad SMARTS) is 1. The Hall–Kier alpha value is -3.31. The van der Waals surface area contributed by atoms with Crippen LogP contribution in [-0.2, 0) is 0 Å². The number of carbonyl (C=O) groups excluding carboxylic acids is 1. The van der Waals surface area contributed by atoms with Crippen molar-refractivity contribution in [3.63, 3.8) is 0 Å². The average Bonchev–Trinajstić information content (AvgIpc) is 2.73. The molecule has 0 amide bonds. The first kappa shape index (κ1) is 23.4. The number of carbonyl (C=O) groups is 2. The molecule has 0 saturated carbocycles. The zero-order valence-corrected chi connectivity index (χ0v) is 19.1. The number of benzene rings is 3. The zero-order valence-electron chi connectivity index (χ0n) is 18.4. The molecule has 0 heterocycles. The number of para-hydroxylation sites is 1. The van der Waals surface area contributed by atoms with Crippen LogP contribution < -0.4 is 9.47 Å². The number of ether oxygens (including phenoxy) is 2. The molecule has 0 radical (unpaired) electrons. The summed E-state index contributed by atoms with van der Waals surface area (Å²) in [4.78, 5) is 24.6. The number of carboxylic acids is 1. The van der Waals surface area contributed by atoms with Crippen LogP contribution in [0.15, 0.2) is 60.7 Å². The van der Waals surface area contributed by atoms with Gasteiger partial charge < -0.3 is 14.6 Å². The van der Waals surface area contributed by atoms with Crippen molar-refractivity contribution in [1.29, 1.82) is 0 Å². The first-order valence-corrected chi connectivity index (χ1v) is 10.7. The molecule has 0 atom stereocenters. The standard InChI is InChI=1S/C26H25ClO5/c1-15(2)17-12-21(16(3)4)24(32-26(30)31-19-8-6-5-7-9-19)23(13-17)22-14-18(27)10-11-20(22)25(28)29/h5-16H,1-4H3,(H,28,29). The highest BCUT2D eigenvalue weighted by Gasteiger charge is 2.24. The van der Waals surface area contributed by atoms with E-state index in [1.807, 2.05) is 45.9 Å². The fourth-order valence-corrected chi connectivity index (χ4v) is 3.54. The van der Waals surface area contributed by atoms with E-state index in [0.717, 1.165) is 11.1 Å². The molecule has 0 fully saturated rings.